The van der Waals surface area contributed by atoms with Crippen LogP contribution in [0.4, 0.5) is 5.13 Å². The van der Waals surface area contributed by atoms with Crippen molar-refractivity contribution in [2.45, 2.75) is 45.2 Å². The number of rotatable bonds is 5. The van der Waals surface area contributed by atoms with E-state index in [1.54, 1.807) is 0 Å². The first kappa shape index (κ1) is 13.3. The molecule has 1 aromatic rings. The van der Waals surface area contributed by atoms with E-state index in [9.17, 15) is 0 Å². The number of morpholine rings is 1. The Labute approximate surface area is 119 Å². The Bertz CT molecular complexity index is 422. The zero-order valence-corrected chi connectivity index (χ0v) is 12.6. The summed E-state index contributed by atoms with van der Waals surface area (Å²) in [6.45, 7) is 9.05. The van der Waals surface area contributed by atoms with Crippen LogP contribution < -0.4 is 10.2 Å². The smallest absolute Gasteiger partial charge is 0.185 e. The van der Waals surface area contributed by atoms with Gasteiger partial charge < -0.3 is 15.0 Å². The minimum Gasteiger partial charge on any atom is -0.378 e. The number of thiazole rings is 1. The molecule has 0 aromatic carbocycles. The van der Waals surface area contributed by atoms with Gasteiger partial charge in [-0.05, 0) is 18.8 Å². The number of ether oxygens (including phenoxy) is 1. The van der Waals surface area contributed by atoms with Crippen molar-refractivity contribution in [1.82, 2.24) is 10.3 Å². The number of hydrogen-bond acceptors (Lipinski definition) is 5. The standard InChI is InChI=1S/C14H23N3OS/c1-10(2)13-12(9-15-11-3-4-11)19-14(16-13)17-5-7-18-8-6-17/h10-11,15H,3-9H2,1-2H3. The van der Waals surface area contributed by atoms with Crippen LogP contribution in [0.1, 0.15) is 43.2 Å². The van der Waals surface area contributed by atoms with E-state index in [0.717, 1.165) is 38.9 Å². The summed E-state index contributed by atoms with van der Waals surface area (Å²) in [4.78, 5) is 8.66. The van der Waals surface area contributed by atoms with Gasteiger partial charge >= 0.3 is 0 Å². The molecule has 1 N–H and O–H groups in total. The van der Waals surface area contributed by atoms with Crippen molar-refractivity contribution >= 4 is 16.5 Å². The van der Waals surface area contributed by atoms with Crippen LogP contribution in [0.5, 0.6) is 0 Å². The Hall–Kier alpha value is -0.650. The molecule has 19 heavy (non-hydrogen) atoms. The van der Waals surface area contributed by atoms with Crippen LogP contribution in [0.25, 0.3) is 0 Å². The van der Waals surface area contributed by atoms with Gasteiger partial charge in [-0.15, -0.1) is 11.3 Å². The minimum absolute atomic E-state index is 0.502. The van der Waals surface area contributed by atoms with Crippen molar-refractivity contribution < 1.29 is 4.74 Å². The molecule has 1 saturated carbocycles. The summed E-state index contributed by atoms with van der Waals surface area (Å²) >= 11 is 1.86. The van der Waals surface area contributed by atoms with Gasteiger partial charge in [0.15, 0.2) is 5.13 Å². The Morgan fingerprint density at radius 3 is 2.74 bits per heavy atom. The van der Waals surface area contributed by atoms with Gasteiger partial charge in [-0.1, -0.05) is 13.8 Å². The molecule has 0 amide bonds. The number of nitrogens with zero attached hydrogens (tertiary/aromatic N) is 2. The fourth-order valence-electron chi connectivity index (χ4n) is 2.34. The molecule has 0 spiro atoms. The highest BCUT2D eigenvalue weighted by atomic mass is 32.1. The second-order valence-corrected chi connectivity index (χ2v) is 6.78. The van der Waals surface area contributed by atoms with Crippen LogP contribution in [-0.4, -0.2) is 37.3 Å². The van der Waals surface area contributed by atoms with Gasteiger partial charge in [0.2, 0.25) is 0 Å². The Balaban J connectivity index is 1.74. The van der Waals surface area contributed by atoms with Gasteiger partial charge in [0, 0.05) is 30.6 Å². The lowest BCUT2D eigenvalue weighted by Gasteiger charge is -2.26. The van der Waals surface area contributed by atoms with Gasteiger partial charge in [-0.3, -0.25) is 0 Å². The summed E-state index contributed by atoms with van der Waals surface area (Å²) in [7, 11) is 0. The van der Waals surface area contributed by atoms with E-state index in [4.69, 9.17) is 9.72 Å². The molecule has 0 bridgehead atoms. The summed E-state index contributed by atoms with van der Waals surface area (Å²) < 4.78 is 5.42. The molecule has 1 aliphatic heterocycles. The maximum Gasteiger partial charge on any atom is 0.185 e. The average molecular weight is 281 g/mol. The van der Waals surface area contributed by atoms with Gasteiger partial charge in [-0.25, -0.2) is 4.98 Å². The van der Waals surface area contributed by atoms with Crippen molar-refractivity contribution in [2.24, 2.45) is 0 Å². The number of anilines is 1. The first-order valence-corrected chi connectivity index (χ1v) is 8.11. The van der Waals surface area contributed by atoms with Gasteiger partial charge in [0.25, 0.3) is 0 Å². The van der Waals surface area contributed by atoms with Gasteiger partial charge in [-0.2, -0.15) is 0 Å². The number of aromatic nitrogens is 1. The van der Waals surface area contributed by atoms with E-state index in [1.165, 1.54) is 28.5 Å². The quantitative estimate of drug-likeness (QED) is 0.899. The summed E-state index contributed by atoms with van der Waals surface area (Å²) in [5, 5.41) is 4.79. The second kappa shape index (κ2) is 5.77. The topological polar surface area (TPSA) is 37.4 Å². The lowest BCUT2D eigenvalue weighted by Crippen LogP contribution is -2.36. The fourth-order valence-corrected chi connectivity index (χ4v) is 3.56. The number of nitrogens with one attached hydrogen (secondary N) is 1. The minimum atomic E-state index is 0.502. The highest BCUT2D eigenvalue weighted by Crippen LogP contribution is 2.32. The van der Waals surface area contributed by atoms with E-state index in [-0.39, 0.29) is 0 Å². The Kier molecular flexibility index (Phi) is 4.05. The summed E-state index contributed by atoms with van der Waals surface area (Å²) in [5.74, 6) is 0.502. The molecule has 1 aliphatic carbocycles. The van der Waals surface area contributed by atoms with E-state index in [2.05, 4.69) is 24.1 Å². The molecule has 3 rings (SSSR count). The monoisotopic (exact) mass is 281 g/mol. The summed E-state index contributed by atoms with van der Waals surface area (Å²) in [6, 6.07) is 0.758. The van der Waals surface area contributed by atoms with Crippen LogP contribution in [0.15, 0.2) is 0 Å². The zero-order chi connectivity index (χ0) is 13.2. The van der Waals surface area contributed by atoms with Crippen LogP contribution in [-0.2, 0) is 11.3 Å². The SMILES string of the molecule is CC(C)c1nc(N2CCOCC2)sc1CNC1CC1. The molecule has 0 radical (unpaired) electrons. The van der Waals surface area contributed by atoms with Crippen LogP contribution >= 0.6 is 11.3 Å². The number of hydrogen-bond donors (Lipinski definition) is 1. The maximum atomic E-state index is 5.42. The third-order valence-corrected chi connectivity index (χ3v) is 4.81. The van der Waals surface area contributed by atoms with Crippen molar-refractivity contribution in [2.75, 3.05) is 31.2 Å². The van der Waals surface area contributed by atoms with E-state index in [0.29, 0.717) is 5.92 Å². The molecule has 1 saturated heterocycles. The lowest BCUT2D eigenvalue weighted by molar-refractivity contribution is 0.122. The highest BCUT2D eigenvalue weighted by Gasteiger charge is 2.23. The first-order valence-electron chi connectivity index (χ1n) is 7.29. The molecule has 2 fully saturated rings. The molecular formula is C14H23N3OS. The predicted molar refractivity (Wildman–Crippen MR) is 79.1 cm³/mol. The molecule has 106 valence electrons. The molecule has 0 atom stereocenters. The molecule has 2 aliphatic rings. The molecule has 2 heterocycles. The Morgan fingerprint density at radius 2 is 2.11 bits per heavy atom. The third-order valence-electron chi connectivity index (χ3n) is 3.67. The summed E-state index contributed by atoms with van der Waals surface area (Å²) in [6.07, 6.45) is 2.68. The summed E-state index contributed by atoms with van der Waals surface area (Å²) in [5.41, 5.74) is 1.28. The van der Waals surface area contributed by atoms with Crippen molar-refractivity contribution in [3.63, 3.8) is 0 Å². The van der Waals surface area contributed by atoms with Gasteiger partial charge in [0.1, 0.15) is 0 Å². The molecule has 5 heteroatoms. The maximum absolute atomic E-state index is 5.42. The van der Waals surface area contributed by atoms with E-state index >= 15 is 0 Å². The van der Waals surface area contributed by atoms with E-state index in [1.807, 2.05) is 11.3 Å². The third kappa shape index (κ3) is 3.27. The van der Waals surface area contributed by atoms with Crippen molar-refractivity contribution in [3.8, 4) is 0 Å². The average Bonchev–Trinajstić information content (AvgIpc) is 3.15. The second-order valence-electron chi connectivity index (χ2n) is 5.71. The predicted octanol–water partition coefficient (Wildman–Crippen LogP) is 2.36. The van der Waals surface area contributed by atoms with Crippen LogP contribution in [0.2, 0.25) is 0 Å². The molecular weight excluding hydrogens is 258 g/mol. The molecule has 0 unspecified atom stereocenters. The highest BCUT2D eigenvalue weighted by molar-refractivity contribution is 7.15. The Morgan fingerprint density at radius 1 is 1.37 bits per heavy atom. The van der Waals surface area contributed by atoms with E-state index < -0.39 is 0 Å². The first-order chi connectivity index (χ1) is 9.24. The largest absolute Gasteiger partial charge is 0.378 e. The molecule has 4 nitrogen and oxygen atoms in total. The van der Waals surface area contributed by atoms with Crippen LogP contribution in [0, 0.1) is 0 Å². The van der Waals surface area contributed by atoms with Crippen molar-refractivity contribution in [3.05, 3.63) is 10.6 Å². The van der Waals surface area contributed by atoms with Crippen molar-refractivity contribution in [1.29, 1.82) is 0 Å². The lowest BCUT2D eigenvalue weighted by atomic mass is 10.1. The van der Waals surface area contributed by atoms with Crippen LogP contribution in [0.3, 0.4) is 0 Å². The molecule has 1 aromatic heterocycles. The fraction of sp³-hybridized carbons (Fsp3) is 0.786. The van der Waals surface area contributed by atoms with Gasteiger partial charge in [0.05, 0.1) is 18.9 Å². The normalized spacial score (nSPS) is 20.3. The zero-order valence-electron chi connectivity index (χ0n) is 11.8.